The Morgan fingerprint density at radius 2 is 1.59 bits per heavy atom. The summed E-state index contributed by atoms with van der Waals surface area (Å²) in [5, 5.41) is 5.20. The Labute approximate surface area is 163 Å². The maximum atomic E-state index is 12.1. The fraction of sp³-hybridized carbons (Fsp3) is 0.619. The number of rotatable bonds is 7. The predicted octanol–water partition coefficient (Wildman–Crippen LogP) is -0.282. The number of quaternary nitrogens is 2. The van der Waals surface area contributed by atoms with E-state index in [0.29, 0.717) is 12.5 Å². The molecule has 1 aromatic carbocycles. The van der Waals surface area contributed by atoms with Gasteiger partial charge in [-0.2, -0.15) is 0 Å². The highest BCUT2D eigenvalue weighted by Gasteiger charge is 2.25. The van der Waals surface area contributed by atoms with Crippen molar-refractivity contribution in [2.45, 2.75) is 52.6 Å². The van der Waals surface area contributed by atoms with Gasteiger partial charge < -0.3 is 15.1 Å². The van der Waals surface area contributed by atoms with Gasteiger partial charge in [0.2, 0.25) is 0 Å². The summed E-state index contributed by atoms with van der Waals surface area (Å²) in [5.74, 6) is 0.371. The first kappa shape index (κ1) is 21.4. The zero-order valence-corrected chi connectivity index (χ0v) is 17.2. The first-order chi connectivity index (χ1) is 12.9. The summed E-state index contributed by atoms with van der Waals surface area (Å²) < 4.78 is 0. The minimum atomic E-state index is -0.386. The third kappa shape index (κ3) is 7.31. The fourth-order valence-corrected chi connectivity index (χ4v) is 3.38. The van der Waals surface area contributed by atoms with Gasteiger partial charge in [-0.25, -0.2) is 4.79 Å². The molecule has 0 aromatic heterocycles. The monoisotopic (exact) mass is 376 g/mol. The summed E-state index contributed by atoms with van der Waals surface area (Å²) >= 11 is 0. The molecule has 1 fully saturated rings. The molecule has 0 bridgehead atoms. The van der Waals surface area contributed by atoms with Gasteiger partial charge in [0, 0.05) is 11.6 Å². The third-order valence-corrected chi connectivity index (χ3v) is 5.42. The summed E-state index contributed by atoms with van der Waals surface area (Å²) in [6.07, 6.45) is 0.845. The van der Waals surface area contributed by atoms with E-state index < -0.39 is 0 Å². The molecule has 3 amide bonds. The number of hydrogen-bond donors (Lipinski definition) is 4. The van der Waals surface area contributed by atoms with Crippen LogP contribution in [0.2, 0.25) is 0 Å². The lowest BCUT2D eigenvalue weighted by Crippen LogP contribution is -3.28. The lowest BCUT2D eigenvalue weighted by Gasteiger charge is -2.29. The zero-order chi connectivity index (χ0) is 19.8. The number of amides is 3. The van der Waals surface area contributed by atoms with Gasteiger partial charge in [-0.3, -0.25) is 10.1 Å². The lowest BCUT2D eigenvalue weighted by molar-refractivity contribution is -1.02. The van der Waals surface area contributed by atoms with Crippen LogP contribution in [0.1, 0.15) is 51.2 Å². The molecule has 4 N–H and O–H groups in total. The number of carbonyl (C=O) groups is 2. The number of hydrogen-bond acceptors (Lipinski definition) is 2. The Balaban J connectivity index is 1.70. The predicted molar refractivity (Wildman–Crippen MR) is 107 cm³/mol. The average Bonchev–Trinajstić information content (AvgIpc) is 2.63. The molecule has 0 radical (unpaired) electrons. The van der Waals surface area contributed by atoms with Crippen LogP contribution in [-0.4, -0.2) is 50.7 Å². The van der Waals surface area contributed by atoms with Gasteiger partial charge in [-0.05, 0) is 24.8 Å². The van der Waals surface area contributed by atoms with Crippen molar-refractivity contribution in [3.8, 4) is 0 Å². The molecule has 27 heavy (non-hydrogen) atoms. The van der Waals surface area contributed by atoms with E-state index in [1.54, 1.807) is 4.90 Å². The van der Waals surface area contributed by atoms with Crippen LogP contribution in [0.15, 0.2) is 24.3 Å². The van der Waals surface area contributed by atoms with E-state index in [-0.39, 0.29) is 18.0 Å². The minimum Gasteiger partial charge on any atom is -0.335 e. The molecule has 6 nitrogen and oxygen atoms in total. The van der Waals surface area contributed by atoms with Crippen molar-refractivity contribution in [2.24, 2.45) is 0 Å². The normalized spacial score (nSPS) is 20.9. The average molecular weight is 377 g/mol. The van der Waals surface area contributed by atoms with Crippen molar-refractivity contribution in [3.63, 3.8) is 0 Å². The second-order valence-electron chi connectivity index (χ2n) is 8.08. The van der Waals surface area contributed by atoms with E-state index in [0.717, 1.165) is 39.1 Å². The molecule has 1 aliphatic rings. The largest absolute Gasteiger partial charge is 0.335 e. The van der Waals surface area contributed by atoms with Crippen LogP contribution in [0, 0.1) is 0 Å². The second kappa shape index (κ2) is 10.4. The summed E-state index contributed by atoms with van der Waals surface area (Å²) in [5.41, 5.74) is 2.75. The number of imide groups is 1. The number of urea groups is 1. The van der Waals surface area contributed by atoms with E-state index in [2.05, 4.69) is 48.7 Å². The maximum absolute atomic E-state index is 12.1. The third-order valence-electron chi connectivity index (χ3n) is 5.42. The van der Waals surface area contributed by atoms with Gasteiger partial charge in [-0.1, -0.05) is 45.0 Å². The molecule has 2 rings (SSSR count). The number of nitrogens with one attached hydrogen (secondary N) is 4. The van der Waals surface area contributed by atoms with Crippen LogP contribution in [0.3, 0.4) is 0 Å². The van der Waals surface area contributed by atoms with Crippen molar-refractivity contribution in [1.29, 1.82) is 0 Å². The molecule has 150 valence electrons. The quantitative estimate of drug-likeness (QED) is 0.529. The van der Waals surface area contributed by atoms with Gasteiger partial charge in [0.15, 0.2) is 6.54 Å². The van der Waals surface area contributed by atoms with Gasteiger partial charge in [-0.15, -0.1) is 0 Å². The van der Waals surface area contributed by atoms with Crippen molar-refractivity contribution >= 4 is 11.9 Å². The second-order valence-corrected chi connectivity index (χ2v) is 8.08. The summed E-state index contributed by atoms with van der Waals surface area (Å²) in [6.45, 7) is 13.8. The molecular weight excluding hydrogens is 340 g/mol. The summed E-state index contributed by atoms with van der Waals surface area (Å²) in [4.78, 5) is 26.6. The van der Waals surface area contributed by atoms with E-state index in [1.165, 1.54) is 16.0 Å². The molecule has 0 saturated carbocycles. The zero-order valence-electron chi connectivity index (χ0n) is 17.2. The van der Waals surface area contributed by atoms with Crippen LogP contribution in [0.4, 0.5) is 4.79 Å². The Morgan fingerprint density at radius 1 is 1.00 bits per heavy atom. The molecule has 0 unspecified atom stereocenters. The Hall–Kier alpha value is -1.92. The standard InChI is InChI=1S/C21H34N4O2/c1-5-17(4)22-21(27)23-20(26)15-25-12-10-24(11-13-25)14-18-6-8-19(9-7-18)16(2)3/h6-9,16-17H,5,10-15H2,1-4H3,(H2,22,23,26,27)/p+2/t17-/m1/s1. The van der Waals surface area contributed by atoms with Crippen LogP contribution in [-0.2, 0) is 11.3 Å². The van der Waals surface area contributed by atoms with Crippen LogP contribution >= 0.6 is 0 Å². The number of carbonyl (C=O) groups excluding carboxylic acids is 2. The number of piperazine rings is 1. The fourth-order valence-electron chi connectivity index (χ4n) is 3.38. The SMILES string of the molecule is CC[C@@H](C)NC(=O)NC(=O)C[NH+]1CC[NH+](Cc2ccc(C(C)C)cc2)CC1. The molecule has 6 heteroatoms. The lowest BCUT2D eigenvalue weighted by atomic mass is 10.0. The smallest absolute Gasteiger partial charge is 0.321 e. The van der Waals surface area contributed by atoms with Crippen molar-refractivity contribution in [3.05, 3.63) is 35.4 Å². The maximum Gasteiger partial charge on any atom is 0.321 e. The Bertz CT molecular complexity index is 607. The summed E-state index contributed by atoms with van der Waals surface area (Å²) in [6, 6.07) is 8.64. The van der Waals surface area contributed by atoms with Gasteiger partial charge in [0.05, 0.1) is 0 Å². The van der Waals surface area contributed by atoms with E-state index in [4.69, 9.17) is 0 Å². The highest BCUT2D eigenvalue weighted by atomic mass is 16.2. The van der Waals surface area contributed by atoms with Crippen molar-refractivity contribution in [2.75, 3.05) is 32.7 Å². The molecular formula is C21H36N4O2+2. The van der Waals surface area contributed by atoms with Crippen molar-refractivity contribution < 1.29 is 19.4 Å². The van der Waals surface area contributed by atoms with E-state index in [1.807, 2.05) is 13.8 Å². The minimum absolute atomic E-state index is 0.0758. The highest BCUT2D eigenvalue weighted by Crippen LogP contribution is 2.14. The van der Waals surface area contributed by atoms with Crippen LogP contribution in [0.25, 0.3) is 0 Å². The molecule has 1 saturated heterocycles. The van der Waals surface area contributed by atoms with Crippen LogP contribution in [0.5, 0.6) is 0 Å². The molecule has 1 heterocycles. The molecule has 0 spiro atoms. The highest BCUT2D eigenvalue weighted by molar-refractivity contribution is 5.94. The molecule has 1 aromatic rings. The van der Waals surface area contributed by atoms with Gasteiger partial charge in [0.1, 0.15) is 32.7 Å². The molecule has 1 atom stereocenters. The van der Waals surface area contributed by atoms with E-state index in [9.17, 15) is 9.59 Å². The molecule has 1 aliphatic heterocycles. The summed E-state index contributed by atoms with van der Waals surface area (Å²) in [7, 11) is 0. The van der Waals surface area contributed by atoms with E-state index >= 15 is 0 Å². The van der Waals surface area contributed by atoms with Crippen molar-refractivity contribution in [1.82, 2.24) is 10.6 Å². The topological polar surface area (TPSA) is 67.1 Å². The Morgan fingerprint density at radius 3 is 2.15 bits per heavy atom. The molecule has 0 aliphatic carbocycles. The Kier molecular flexibility index (Phi) is 8.25. The van der Waals surface area contributed by atoms with Gasteiger partial charge in [0.25, 0.3) is 5.91 Å². The van der Waals surface area contributed by atoms with Crippen LogP contribution < -0.4 is 20.4 Å². The first-order valence-corrected chi connectivity index (χ1v) is 10.2. The first-order valence-electron chi connectivity index (χ1n) is 10.2. The van der Waals surface area contributed by atoms with Gasteiger partial charge >= 0.3 is 6.03 Å². The number of benzene rings is 1.